The minimum Gasteiger partial charge on any atom is -0.272 e. The van der Waals surface area contributed by atoms with Crippen LogP contribution in [0.25, 0.3) is 5.82 Å². The van der Waals surface area contributed by atoms with Crippen LogP contribution in [0.5, 0.6) is 0 Å². The molecule has 0 unspecified atom stereocenters. The van der Waals surface area contributed by atoms with Crippen molar-refractivity contribution in [1.29, 1.82) is 0 Å². The first kappa shape index (κ1) is 12.2. The molecule has 0 spiro atoms. The zero-order valence-corrected chi connectivity index (χ0v) is 9.55. The number of aromatic nitrogens is 3. The Kier molecular flexibility index (Phi) is 3.01. The average molecular weight is 282 g/mol. The van der Waals surface area contributed by atoms with Crippen molar-refractivity contribution >= 4 is 23.2 Å². The van der Waals surface area contributed by atoms with Crippen LogP contribution in [0.15, 0.2) is 24.7 Å². The van der Waals surface area contributed by atoms with Crippen LogP contribution in [-0.4, -0.2) is 14.5 Å². The highest BCUT2D eigenvalue weighted by molar-refractivity contribution is 6.40. The summed E-state index contributed by atoms with van der Waals surface area (Å²) in [6, 6.07) is 2.10. The van der Waals surface area contributed by atoms with Gasteiger partial charge in [-0.3, -0.25) is 4.57 Å². The molecule has 0 saturated heterocycles. The molecule has 0 atom stereocenters. The number of rotatable bonds is 1. The van der Waals surface area contributed by atoms with Crippen LogP contribution in [0, 0.1) is 0 Å². The molecule has 0 N–H and O–H groups in total. The second kappa shape index (κ2) is 4.19. The SMILES string of the molecule is FC(F)(F)c1ccc(-n2cnc(Cl)c2Cl)nc1. The highest BCUT2D eigenvalue weighted by Crippen LogP contribution is 2.29. The Morgan fingerprint density at radius 2 is 1.82 bits per heavy atom. The lowest BCUT2D eigenvalue weighted by molar-refractivity contribution is -0.137. The summed E-state index contributed by atoms with van der Waals surface area (Å²) in [5, 5.41) is 0.160. The van der Waals surface area contributed by atoms with Crippen LogP contribution in [0.3, 0.4) is 0 Å². The Bertz CT molecular complexity index is 533. The standard InChI is InChI=1S/C9H4Cl2F3N3/c10-7-8(11)17(4-16-7)6-2-1-5(3-15-6)9(12,13)14/h1-4H. The van der Waals surface area contributed by atoms with Crippen molar-refractivity contribution in [2.24, 2.45) is 0 Å². The third kappa shape index (κ3) is 2.37. The minimum atomic E-state index is -4.41. The van der Waals surface area contributed by atoms with Crippen LogP contribution >= 0.6 is 23.2 Å². The van der Waals surface area contributed by atoms with Crippen LogP contribution < -0.4 is 0 Å². The molecule has 17 heavy (non-hydrogen) atoms. The van der Waals surface area contributed by atoms with Gasteiger partial charge in [-0.1, -0.05) is 23.2 Å². The summed E-state index contributed by atoms with van der Waals surface area (Å²) < 4.78 is 38.2. The molecular formula is C9H4Cl2F3N3. The summed E-state index contributed by atoms with van der Waals surface area (Å²) in [5.41, 5.74) is -0.830. The summed E-state index contributed by atoms with van der Waals surface area (Å²) in [4.78, 5) is 7.35. The third-order valence-electron chi connectivity index (χ3n) is 1.99. The fourth-order valence-electron chi connectivity index (χ4n) is 1.17. The second-order valence-corrected chi connectivity index (χ2v) is 3.82. The molecule has 0 aliphatic carbocycles. The van der Waals surface area contributed by atoms with Gasteiger partial charge in [-0.15, -0.1) is 0 Å². The number of imidazole rings is 1. The van der Waals surface area contributed by atoms with Gasteiger partial charge in [0, 0.05) is 6.20 Å². The maximum Gasteiger partial charge on any atom is 0.417 e. The van der Waals surface area contributed by atoms with Gasteiger partial charge in [0.05, 0.1) is 5.56 Å². The molecule has 2 heterocycles. The van der Waals surface area contributed by atoms with Gasteiger partial charge < -0.3 is 0 Å². The van der Waals surface area contributed by atoms with E-state index < -0.39 is 11.7 Å². The van der Waals surface area contributed by atoms with Crippen molar-refractivity contribution in [3.8, 4) is 5.82 Å². The highest BCUT2D eigenvalue weighted by atomic mass is 35.5. The Hall–Kier alpha value is -1.27. The Morgan fingerprint density at radius 3 is 2.24 bits per heavy atom. The fourth-order valence-corrected chi connectivity index (χ4v) is 1.48. The smallest absolute Gasteiger partial charge is 0.272 e. The van der Waals surface area contributed by atoms with Gasteiger partial charge in [0.1, 0.15) is 12.1 Å². The summed E-state index contributed by atoms with van der Waals surface area (Å²) in [6.07, 6.45) is -2.41. The van der Waals surface area contributed by atoms with Gasteiger partial charge >= 0.3 is 6.18 Å². The van der Waals surface area contributed by atoms with Crippen molar-refractivity contribution in [3.63, 3.8) is 0 Å². The van der Waals surface area contributed by atoms with E-state index >= 15 is 0 Å². The Labute approximate surface area is 104 Å². The van der Waals surface area contributed by atoms with Gasteiger partial charge in [-0.2, -0.15) is 13.2 Å². The van der Waals surface area contributed by atoms with E-state index in [1.165, 1.54) is 17.0 Å². The number of hydrogen-bond donors (Lipinski definition) is 0. The molecule has 0 saturated carbocycles. The van der Waals surface area contributed by atoms with Crippen molar-refractivity contribution < 1.29 is 13.2 Å². The molecule has 0 amide bonds. The summed E-state index contributed by atoms with van der Waals surface area (Å²) in [7, 11) is 0. The van der Waals surface area contributed by atoms with Crippen LogP contribution in [0.4, 0.5) is 13.2 Å². The van der Waals surface area contributed by atoms with Crippen molar-refractivity contribution in [2.45, 2.75) is 6.18 Å². The van der Waals surface area contributed by atoms with E-state index in [1.54, 1.807) is 0 Å². The zero-order chi connectivity index (χ0) is 12.6. The zero-order valence-electron chi connectivity index (χ0n) is 8.04. The quantitative estimate of drug-likeness (QED) is 0.800. The van der Waals surface area contributed by atoms with E-state index in [1.807, 2.05) is 0 Å². The molecule has 90 valence electrons. The van der Waals surface area contributed by atoms with E-state index in [0.717, 1.165) is 12.3 Å². The molecule has 0 radical (unpaired) electrons. The predicted octanol–water partition coefficient (Wildman–Crippen LogP) is 3.59. The third-order valence-corrected chi connectivity index (χ3v) is 2.72. The predicted molar refractivity (Wildman–Crippen MR) is 56.4 cm³/mol. The van der Waals surface area contributed by atoms with Gasteiger partial charge in [-0.25, -0.2) is 9.97 Å². The van der Waals surface area contributed by atoms with Gasteiger partial charge in [-0.05, 0) is 12.1 Å². The van der Waals surface area contributed by atoms with Crippen LogP contribution in [0.2, 0.25) is 10.3 Å². The maximum absolute atomic E-state index is 12.3. The van der Waals surface area contributed by atoms with E-state index in [2.05, 4.69) is 9.97 Å². The van der Waals surface area contributed by atoms with Gasteiger partial charge in [0.15, 0.2) is 10.3 Å². The summed E-state index contributed by atoms with van der Waals surface area (Å²) in [5.74, 6) is 0.211. The topological polar surface area (TPSA) is 30.7 Å². The fraction of sp³-hybridized carbons (Fsp3) is 0.111. The van der Waals surface area contributed by atoms with E-state index in [4.69, 9.17) is 23.2 Å². The molecule has 0 bridgehead atoms. The first-order chi connectivity index (χ1) is 7.89. The Morgan fingerprint density at radius 1 is 1.12 bits per heavy atom. The van der Waals surface area contributed by atoms with E-state index in [-0.39, 0.29) is 16.1 Å². The van der Waals surface area contributed by atoms with Gasteiger partial charge in [0.25, 0.3) is 0 Å². The number of pyridine rings is 1. The monoisotopic (exact) mass is 281 g/mol. The molecule has 0 aromatic carbocycles. The number of nitrogens with zero attached hydrogens (tertiary/aromatic N) is 3. The van der Waals surface area contributed by atoms with Crippen molar-refractivity contribution in [3.05, 3.63) is 40.5 Å². The lowest BCUT2D eigenvalue weighted by atomic mass is 10.3. The molecular weight excluding hydrogens is 278 g/mol. The summed E-state index contributed by atoms with van der Waals surface area (Å²) in [6.45, 7) is 0. The number of halogens is 5. The second-order valence-electron chi connectivity index (χ2n) is 3.10. The molecule has 2 aromatic heterocycles. The first-order valence-corrected chi connectivity index (χ1v) is 5.07. The van der Waals surface area contributed by atoms with Crippen molar-refractivity contribution in [2.75, 3.05) is 0 Å². The molecule has 0 aliphatic heterocycles. The van der Waals surface area contributed by atoms with Crippen LogP contribution in [0.1, 0.15) is 5.56 Å². The molecule has 0 aliphatic rings. The molecule has 2 rings (SSSR count). The molecule has 3 nitrogen and oxygen atoms in total. The average Bonchev–Trinajstić information content (AvgIpc) is 2.59. The maximum atomic E-state index is 12.3. The highest BCUT2D eigenvalue weighted by Gasteiger charge is 2.30. The molecule has 2 aromatic rings. The normalized spacial score (nSPS) is 11.8. The summed E-state index contributed by atoms with van der Waals surface area (Å²) >= 11 is 11.4. The lowest BCUT2D eigenvalue weighted by Crippen LogP contribution is -2.06. The van der Waals surface area contributed by atoms with Gasteiger partial charge in [0.2, 0.25) is 0 Å². The Balaban J connectivity index is 2.40. The number of alkyl halides is 3. The van der Waals surface area contributed by atoms with Crippen molar-refractivity contribution in [1.82, 2.24) is 14.5 Å². The molecule has 8 heteroatoms. The molecule has 0 fully saturated rings. The van der Waals surface area contributed by atoms with E-state index in [0.29, 0.717) is 0 Å². The number of hydrogen-bond acceptors (Lipinski definition) is 2. The van der Waals surface area contributed by atoms with E-state index in [9.17, 15) is 13.2 Å². The van der Waals surface area contributed by atoms with Crippen LogP contribution in [-0.2, 0) is 6.18 Å². The largest absolute Gasteiger partial charge is 0.417 e. The minimum absolute atomic E-state index is 0.0633. The lowest BCUT2D eigenvalue weighted by Gasteiger charge is -2.07. The first-order valence-electron chi connectivity index (χ1n) is 4.31.